The van der Waals surface area contributed by atoms with E-state index in [0.717, 1.165) is 12.1 Å². The van der Waals surface area contributed by atoms with Crippen LogP contribution in [0.25, 0.3) is 11.1 Å². The van der Waals surface area contributed by atoms with E-state index in [4.69, 9.17) is 0 Å². The maximum Gasteiger partial charge on any atom is 0.334 e. The largest absolute Gasteiger partial charge is 0.334 e. The number of fused-ring (bicyclic) bond motifs is 3. The molecule has 2 aromatic rings. The van der Waals surface area contributed by atoms with Gasteiger partial charge < -0.3 is 0 Å². The van der Waals surface area contributed by atoms with Crippen molar-refractivity contribution < 1.29 is 0 Å². The molecule has 25 nitrogen and oxygen atoms in total. The minimum atomic E-state index is -2.07. The Labute approximate surface area is 539 Å². The molecule has 0 atom stereocenters. The highest BCUT2D eigenvalue weighted by Gasteiger charge is 2.55. The van der Waals surface area contributed by atoms with Crippen molar-refractivity contribution in [1.29, 1.82) is 132 Å². The molecular weight excluding hydrogens is 1180 g/mol. The van der Waals surface area contributed by atoms with Gasteiger partial charge in [-0.15, -0.1) is 0 Å². The highest BCUT2D eigenvalue weighted by molar-refractivity contribution is 7.03. The first-order valence-corrected chi connectivity index (χ1v) is 26.5. The Bertz CT molecular complexity index is 5330. The number of hydrogen-bond donors (Lipinski definition) is 0. The molecule has 0 fully saturated rings. The molecule has 7 heterocycles. The molecule has 404 valence electrons. The molecule has 0 aliphatic carbocycles. The second-order valence-corrected chi connectivity index (χ2v) is 20.6. The molecule has 0 saturated carbocycles. The molecule has 0 unspecified atom stereocenters. The fourth-order valence-corrected chi connectivity index (χ4v) is 13.8. The lowest BCUT2D eigenvalue weighted by molar-refractivity contribution is 1.40. The fourth-order valence-electron chi connectivity index (χ4n) is 13.8. The lowest BCUT2D eigenvalue weighted by Crippen LogP contribution is -2.58. The van der Waals surface area contributed by atoms with Crippen molar-refractivity contribution in [2.75, 3.05) is 0 Å². The van der Waals surface area contributed by atoms with Crippen molar-refractivity contribution in [2.24, 2.45) is 0 Å². The monoisotopic (exact) mass is 1190 g/mol. The third-order valence-corrected chi connectivity index (χ3v) is 17.3. The van der Waals surface area contributed by atoms with E-state index < -0.39 is 225 Å². The van der Waals surface area contributed by atoms with Gasteiger partial charge >= 0.3 is 6.71 Å². The molecular formula is C63H6B7N25. The third-order valence-electron chi connectivity index (χ3n) is 17.3. The summed E-state index contributed by atoms with van der Waals surface area (Å²) >= 11 is 0. The van der Waals surface area contributed by atoms with Crippen LogP contribution in [-0.2, 0) is 12.6 Å². The van der Waals surface area contributed by atoms with Gasteiger partial charge in [0, 0.05) is 71.6 Å². The summed E-state index contributed by atoms with van der Waals surface area (Å²) in [6, 6.07) is 45.3. The zero-order chi connectivity index (χ0) is 69.2. The normalized spacial score (nSPS) is 15.4. The van der Waals surface area contributed by atoms with Crippen LogP contribution in [0.1, 0.15) is 11.1 Å². The van der Waals surface area contributed by atoms with E-state index in [2.05, 4.69) is 5.97 Å². The second kappa shape index (κ2) is 24.4. The summed E-state index contributed by atoms with van der Waals surface area (Å²) in [6.07, 6.45) is -1.89. The van der Waals surface area contributed by atoms with Crippen molar-refractivity contribution in [3.05, 3.63) is 156 Å². The van der Waals surface area contributed by atoms with Crippen LogP contribution in [0.5, 0.6) is 0 Å². The lowest BCUT2D eigenvalue weighted by atomic mass is 9.25. The van der Waals surface area contributed by atoms with E-state index in [1.54, 1.807) is 72.8 Å². The third kappa shape index (κ3) is 8.27. The lowest BCUT2D eigenvalue weighted by Gasteiger charge is -2.27. The average molecular weight is 1190 g/mol. The van der Waals surface area contributed by atoms with Crippen LogP contribution >= 0.6 is 0 Å². The molecule has 0 spiro atoms. The summed E-state index contributed by atoms with van der Waals surface area (Å²) in [5.74, 6) is 2.17. The van der Waals surface area contributed by atoms with Gasteiger partial charge in [-0.3, -0.25) is 0 Å². The number of allylic oxidation sites excluding steroid dienone is 24. The quantitative estimate of drug-likeness (QED) is 0.313. The molecule has 0 bridgehead atoms. The predicted molar refractivity (Wildman–Crippen MR) is 322 cm³/mol. The fraction of sp³-hybridized carbons (Fsp3) is 0.0317. The van der Waals surface area contributed by atoms with Crippen molar-refractivity contribution in [3.63, 3.8) is 0 Å². The summed E-state index contributed by atoms with van der Waals surface area (Å²) in [5.41, 5.74) is -20.3. The first-order chi connectivity index (χ1) is 46.1. The molecule has 7 aliphatic rings. The number of hydrogen-bond acceptors (Lipinski definition) is 25. The van der Waals surface area contributed by atoms with E-state index in [1.807, 2.05) is 72.8 Å². The maximum absolute atomic E-state index is 12.3. The Morgan fingerprint density at radius 2 is 0.389 bits per heavy atom. The summed E-state index contributed by atoms with van der Waals surface area (Å²) in [5, 5.41) is 274. The molecule has 9 rings (SSSR count). The Morgan fingerprint density at radius 3 is 0.558 bits per heavy atom. The minimum absolute atomic E-state index is 0.326. The van der Waals surface area contributed by atoms with Gasteiger partial charge in [-0.05, 0) is 34.7 Å². The molecule has 2 aromatic carbocycles. The summed E-state index contributed by atoms with van der Waals surface area (Å²) in [4.78, 5) is 0. The van der Waals surface area contributed by atoms with Gasteiger partial charge in [0.15, 0.2) is 0 Å². The van der Waals surface area contributed by atoms with Crippen molar-refractivity contribution in [3.8, 4) is 163 Å². The van der Waals surface area contributed by atoms with Gasteiger partial charge in [0.05, 0.1) is 140 Å². The van der Waals surface area contributed by atoms with Crippen LogP contribution in [0.4, 0.5) is 0 Å². The van der Waals surface area contributed by atoms with Crippen LogP contribution in [0.3, 0.4) is 0 Å². The highest BCUT2D eigenvalue weighted by atomic mass is 14.4. The average Bonchev–Trinajstić information content (AvgIpc) is 1.54. The molecule has 0 saturated heterocycles. The van der Waals surface area contributed by atoms with Gasteiger partial charge in [0.25, 0.3) is 26.9 Å². The van der Waals surface area contributed by atoms with Gasteiger partial charge in [0.2, 0.25) is 13.4 Å². The molecule has 0 amide bonds. The van der Waals surface area contributed by atoms with Crippen molar-refractivity contribution >= 4 is 79.8 Å². The SMILES string of the molecule is N#CB1c2c(cc(B3C(C#N)=C(C#N)C(C#N)=C3C#N)c(B3C(C#N)=C(C#N)C(C#N)=C3C#N)c2CB2C(C#N)=C(C#N)C(C#N)=C2C#N)-c2cc(B3C(C#N)=C(C#N)C(C#N)=C3C#N)c(B3C(C#N)=C(C#N)C(C#N)=C3C#N)c(CB3C(C#N)=C(C#N)C(C#N)=C3C#N)c21. The standard InChI is InChI=1S/C63H6B7N25/c71-5-34-35(6-72)49(18-84)64(48(34)17-83)3-32-60-30(1-46(67-52(21-87)38(9-75)39(10-76)53(67)22-88)62(32)69-56(25-91)42(13-79)43(14-80)57(69)26-92)31-2-47(68-54(23-89)40(11-77)41(12-78)55(68)24-90)63(70-58(27-93)44(15-81)45(16-82)59(70)28-94)33(61(31)66(60)29-95)4-65-50(19-85)36(7-73)37(8-74)51(65)20-86/h1-2H,3-4H2. The van der Waals surface area contributed by atoms with E-state index in [9.17, 15) is 132 Å². The van der Waals surface area contributed by atoms with E-state index in [-0.39, 0.29) is 22.1 Å². The van der Waals surface area contributed by atoms with Crippen LogP contribution in [0.2, 0.25) is 0 Å². The first-order valence-electron chi connectivity index (χ1n) is 26.5. The maximum atomic E-state index is 12.3. The molecule has 95 heavy (non-hydrogen) atoms. The summed E-state index contributed by atoms with van der Waals surface area (Å²) in [7, 11) is 0. The van der Waals surface area contributed by atoms with Crippen LogP contribution in [0, 0.1) is 283 Å². The Morgan fingerprint density at radius 1 is 0.211 bits per heavy atom. The van der Waals surface area contributed by atoms with Crippen LogP contribution < -0.4 is 32.8 Å². The van der Waals surface area contributed by atoms with Gasteiger partial charge in [-0.1, -0.05) is 45.1 Å². The van der Waals surface area contributed by atoms with E-state index >= 15 is 0 Å². The molecule has 7 aliphatic heterocycles. The molecule has 0 aromatic heterocycles. The van der Waals surface area contributed by atoms with Gasteiger partial charge in [-0.25, -0.2) is 5.26 Å². The zero-order valence-corrected chi connectivity index (χ0v) is 47.3. The van der Waals surface area contributed by atoms with E-state index in [0.29, 0.717) is 0 Å². The first kappa shape index (κ1) is 62.6. The van der Waals surface area contributed by atoms with Crippen LogP contribution in [-0.4, -0.2) is 47.0 Å². The van der Waals surface area contributed by atoms with Crippen molar-refractivity contribution in [2.45, 2.75) is 12.6 Å². The highest BCUT2D eigenvalue weighted by Crippen LogP contribution is 2.42. The smallest absolute Gasteiger partial charge is 0.212 e. The number of rotatable bonds is 8. The number of nitriles is 25. The van der Waals surface area contributed by atoms with Gasteiger partial charge in [0.1, 0.15) is 72.8 Å². The van der Waals surface area contributed by atoms with Crippen LogP contribution in [0.15, 0.2) is 145 Å². The number of benzene rings is 2. The zero-order valence-electron chi connectivity index (χ0n) is 47.3. The van der Waals surface area contributed by atoms with Gasteiger partial charge in [-0.2, -0.15) is 126 Å². The predicted octanol–water partition coefficient (Wildman–Crippen LogP) is -0.0239. The second-order valence-electron chi connectivity index (χ2n) is 20.6. The molecule has 0 radical (unpaired) electrons. The summed E-state index contributed by atoms with van der Waals surface area (Å²) in [6.45, 7) is -13.8. The Hall–Kier alpha value is -17.0. The Kier molecular flexibility index (Phi) is 16.1. The summed E-state index contributed by atoms with van der Waals surface area (Å²) < 4.78 is 0. The van der Waals surface area contributed by atoms with E-state index in [1.165, 1.54) is 0 Å². The Balaban J connectivity index is 1.69. The van der Waals surface area contributed by atoms with Crippen molar-refractivity contribution in [1.82, 2.24) is 0 Å². The topological polar surface area (TPSA) is 595 Å². The number of nitrogens with zero attached hydrogens (tertiary/aromatic N) is 25. The molecule has 32 heteroatoms. The minimum Gasteiger partial charge on any atom is -0.212 e. The molecule has 0 N–H and O–H groups in total.